The molecule has 3 aromatic rings. The van der Waals surface area contributed by atoms with E-state index in [0.29, 0.717) is 5.02 Å². The van der Waals surface area contributed by atoms with E-state index in [1.54, 1.807) is 7.05 Å². The lowest BCUT2D eigenvalue weighted by molar-refractivity contribution is -0.739. The van der Waals surface area contributed by atoms with Gasteiger partial charge < -0.3 is 5.11 Å². The monoisotopic (exact) mass is 366 g/mol. The van der Waals surface area contributed by atoms with Crippen LogP contribution in [0.3, 0.4) is 0 Å². The minimum Gasteiger partial charge on any atom is -0.861 e. The van der Waals surface area contributed by atoms with E-state index in [1.807, 2.05) is 29.6 Å². The molecule has 118 valence electrons. The lowest BCUT2D eigenvalue weighted by atomic mass is 10.2. The number of benzene rings is 1. The van der Waals surface area contributed by atoms with Gasteiger partial charge in [0, 0.05) is 21.7 Å². The number of nitrogens with zero attached hydrogens (tertiary/aromatic N) is 4. The van der Waals surface area contributed by atoms with Crippen molar-refractivity contribution in [1.82, 2.24) is 10.3 Å². The minimum absolute atomic E-state index is 0.192. The van der Waals surface area contributed by atoms with Crippen LogP contribution in [0.2, 0.25) is 5.02 Å². The fourth-order valence-corrected chi connectivity index (χ4v) is 3.46. The Kier molecular flexibility index (Phi) is 4.94. The molecule has 2 aromatic heterocycles. The molecule has 3 rings (SSSR count). The van der Waals surface area contributed by atoms with Gasteiger partial charge in [-0.3, -0.25) is 4.52 Å². The van der Waals surface area contributed by atoms with Crippen LogP contribution in [0.4, 0.5) is 5.88 Å². The van der Waals surface area contributed by atoms with E-state index in [-0.39, 0.29) is 17.5 Å². The third-order valence-electron chi connectivity index (χ3n) is 2.74. The number of hydrogen-bond acceptors (Lipinski definition) is 7. The van der Waals surface area contributed by atoms with Gasteiger partial charge in [0.15, 0.2) is 16.7 Å². The second-order valence-corrected chi connectivity index (χ2v) is 7.03. The van der Waals surface area contributed by atoms with Gasteiger partial charge in [-0.15, -0.1) is 11.3 Å². The summed E-state index contributed by atoms with van der Waals surface area (Å²) in [5.41, 5.74) is 1.85. The van der Waals surface area contributed by atoms with Crippen molar-refractivity contribution in [2.75, 3.05) is 5.75 Å². The standard InChI is InChI=1S/C14H11ClN4O2S2/c1-19-6-13(21-18-19)17-12(20)8-23-14-16-11(7-22-14)9-2-4-10(15)5-3-9/h2-7H,8H2,1H3. The van der Waals surface area contributed by atoms with Crippen LogP contribution in [-0.2, 0) is 7.05 Å². The van der Waals surface area contributed by atoms with E-state index in [1.165, 1.54) is 34.0 Å². The van der Waals surface area contributed by atoms with Crippen LogP contribution >= 0.6 is 34.7 Å². The molecule has 0 unspecified atom stereocenters. The molecular weight excluding hydrogens is 356 g/mol. The van der Waals surface area contributed by atoms with Gasteiger partial charge in [-0.1, -0.05) is 40.2 Å². The number of rotatable bonds is 5. The first-order valence-corrected chi connectivity index (χ1v) is 8.76. The van der Waals surface area contributed by atoms with Crippen molar-refractivity contribution in [1.29, 1.82) is 0 Å². The number of halogens is 1. The molecule has 0 fully saturated rings. The van der Waals surface area contributed by atoms with E-state index in [9.17, 15) is 5.11 Å². The lowest BCUT2D eigenvalue weighted by Crippen LogP contribution is -2.27. The van der Waals surface area contributed by atoms with Gasteiger partial charge in [-0.2, -0.15) is 0 Å². The summed E-state index contributed by atoms with van der Waals surface area (Å²) in [6, 6.07) is 7.47. The molecule has 0 spiro atoms. The number of hydrogen-bond donors (Lipinski definition) is 0. The zero-order chi connectivity index (χ0) is 16.2. The van der Waals surface area contributed by atoms with Crippen molar-refractivity contribution in [2.24, 2.45) is 12.0 Å². The number of aliphatic imine (C=N–C) groups is 1. The van der Waals surface area contributed by atoms with E-state index < -0.39 is 0 Å². The first-order chi connectivity index (χ1) is 11.1. The normalized spacial score (nSPS) is 11.8. The van der Waals surface area contributed by atoms with Gasteiger partial charge in [0.05, 0.1) is 5.69 Å². The molecule has 0 amide bonds. The zero-order valence-corrected chi connectivity index (χ0v) is 14.4. The minimum atomic E-state index is -0.296. The molecule has 0 aliphatic heterocycles. The predicted molar refractivity (Wildman–Crippen MR) is 88.1 cm³/mol. The summed E-state index contributed by atoms with van der Waals surface area (Å²) in [7, 11) is 1.69. The van der Waals surface area contributed by atoms with Crippen molar-refractivity contribution in [3.8, 4) is 11.3 Å². The third-order valence-corrected chi connectivity index (χ3v) is 5.00. The second-order valence-electron chi connectivity index (χ2n) is 4.51. The summed E-state index contributed by atoms with van der Waals surface area (Å²) in [6.07, 6.45) is 1.53. The fraction of sp³-hybridized carbons (Fsp3) is 0.143. The highest BCUT2D eigenvalue weighted by molar-refractivity contribution is 8.01. The zero-order valence-electron chi connectivity index (χ0n) is 12.0. The van der Waals surface area contributed by atoms with E-state index in [0.717, 1.165) is 15.6 Å². The molecular formula is C14H11ClN4O2S2. The Morgan fingerprint density at radius 1 is 1.43 bits per heavy atom. The summed E-state index contributed by atoms with van der Waals surface area (Å²) in [6.45, 7) is 0. The molecule has 0 saturated heterocycles. The molecule has 0 radical (unpaired) electrons. The Hall–Kier alpha value is -1.90. The maximum absolute atomic E-state index is 11.8. The average Bonchev–Trinajstić information content (AvgIpc) is 3.15. The van der Waals surface area contributed by atoms with Crippen LogP contribution in [0.1, 0.15) is 0 Å². The summed E-state index contributed by atoms with van der Waals surface area (Å²) in [5.74, 6) is 0.0897. The quantitative estimate of drug-likeness (QED) is 0.300. The maximum Gasteiger partial charge on any atom is 0.320 e. The van der Waals surface area contributed by atoms with Gasteiger partial charge in [-0.25, -0.2) is 9.98 Å². The molecule has 0 saturated carbocycles. The Labute approximate surface area is 145 Å². The molecule has 9 heteroatoms. The largest absolute Gasteiger partial charge is 0.861 e. The molecule has 0 bridgehead atoms. The van der Waals surface area contributed by atoms with Crippen molar-refractivity contribution in [3.05, 3.63) is 40.9 Å². The highest BCUT2D eigenvalue weighted by Gasteiger charge is 2.07. The third kappa shape index (κ3) is 4.31. The van der Waals surface area contributed by atoms with Gasteiger partial charge in [0.25, 0.3) is 6.20 Å². The van der Waals surface area contributed by atoms with Crippen LogP contribution in [0.25, 0.3) is 11.3 Å². The lowest BCUT2D eigenvalue weighted by Gasteiger charge is -2.06. The van der Waals surface area contributed by atoms with Crippen molar-refractivity contribution >= 4 is 46.5 Å². The molecule has 0 atom stereocenters. The average molecular weight is 367 g/mol. The van der Waals surface area contributed by atoms with Gasteiger partial charge in [0.1, 0.15) is 0 Å². The molecule has 23 heavy (non-hydrogen) atoms. The molecule has 6 nitrogen and oxygen atoms in total. The summed E-state index contributed by atoms with van der Waals surface area (Å²) >= 11 is 8.70. The highest BCUT2D eigenvalue weighted by atomic mass is 35.5. The van der Waals surface area contributed by atoms with Crippen molar-refractivity contribution < 1.29 is 14.3 Å². The van der Waals surface area contributed by atoms with Crippen LogP contribution in [0, 0.1) is 0 Å². The maximum atomic E-state index is 11.8. The van der Waals surface area contributed by atoms with Gasteiger partial charge >= 0.3 is 5.88 Å². The van der Waals surface area contributed by atoms with Crippen LogP contribution in [0.15, 0.2) is 49.7 Å². The van der Waals surface area contributed by atoms with E-state index in [2.05, 4.69) is 15.2 Å². The summed E-state index contributed by atoms with van der Waals surface area (Å²) < 4.78 is 7.10. The second kappa shape index (κ2) is 7.12. The first-order valence-electron chi connectivity index (χ1n) is 6.51. The number of thiazole rings is 1. The van der Waals surface area contributed by atoms with Crippen LogP contribution in [0.5, 0.6) is 0 Å². The van der Waals surface area contributed by atoms with E-state index >= 15 is 0 Å². The summed E-state index contributed by atoms with van der Waals surface area (Å²) in [4.78, 5) is 8.32. The molecule has 0 N–H and O–H groups in total. The topological polar surface area (TPSA) is 78.2 Å². The van der Waals surface area contributed by atoms with Crippen LogP contribution in [-0.4, -0.2) is 21.9 Å². The molecule has 2 heterocycles. The van der Waals surface area contributed by atoms with E-state index in [4.69, 9.17) is 16.1 Å². The molecule has 1 aromatic carbocycles. The predicted octanol–water partition coefficient (Wildman–Crippen LogP) is 2.46. The highest BCUT2D eigenvalue weighted by Crippen LogP contribution is 2.28. The van der Waals surface area contributed by atoms with Gasteiger partial charge in [-0.05, 0) is 18.0 Å². The molecule has 0 aliphatic rings. The Bertz CT molecular complexity index is 829. The summed E-state index contributed by atoms with van der Waals surface area (Å²) in [5, 5.41) is 18.0. The number of thioether (sulfide) groups is 1. The Balaban J connectivity index is 1.63. The van der Waals surface area contributed by atoms with Gasteiger partial charge in [0.2, 0.25) is 0 Å². The Morgan fingerprint density at radius 3 is 2.91 bits per heavy atom. The first kappa shape index (κ1) is 16.0. The Morgan fingerprint density at radius 2 is 2.22 bits per heavy atom. The fourth-order valence-electron chi connectivity index (χ4n) is 1.72. The number of aryl methyl sites for hydroxylation is 1. The number of aromatic nitrogens is 3. The van der Waals surface area contributed by atoms with Crippen molar-refractivity contribution in [2.45, 2.75) is 4.34 Å². The van der Waals surface area contributed by atoms with Crippen LogP contribution < -0.4 is 9.79 Å². The van der Waals surface area contributed by atoms with Crippen molar-refractivity contribution in [3.63, 3.8) is 0 Å². The smallest absolute Gasteiger partial charge is 0.320 e. The SMILES string of the molecule is C[n+]1cc(/N=C(/[O-])CSc2nc(-c3ccc(Cl)cc3)cs2)on1. The molecule has 0 aliphatic carbocycles.